The molecule has 0 aromatic heterocycles. The van der Waals surface area contributed by atoms with E-state index >= 15 is 0 Å². The van der Waals surface area contributed by atoms with E-state index in [4.69, 9.17) is 0 Å². The molecule has 0 spiro atoms. The maximum atomic E-state index is 2.00. The predicted octanol–water partition coefficient (Wildman–Crippen LogP) is 6.17. The molecule has 0 aliphatic heterocycles. The van der Waals surface area contributed by atoms with Crippen LogP contribution in [0.5, 0.6) is 0 Å². The Balaban J connectivity index is -0.00000000208. The molecule has 0 amide bonds. The van der Waals surface area contributed by atoms with E-state index in [1.165, 1.54) is 0 Å². The molecule has 0 saturated carbocycles. The molecule has 13 heavy (non-hydrogen) atoms. The van der Waals surface area contributed by atoms with Gasteiger partial charge in [-0.3, -0.25) is 0 Å². The summed E-state index contributed by atoms with van der Waals surface area (Å²) in [7, 11) is 0. The van der Waals surface area contributed by atoms with Gasteiger partial charge in [-0.1, -0.05) is 77.7 Å². The molecule has 0 rings (SSSR count). The fraction of sp³-hybridized carbons (Fsp3) is 1.00. The second-order valence-corrected chi connectivity index (χ2v) is 0. The van der Waals surface area contributed by atoms with Gasteiger partial charge in [-0.15, -0.1) is 0 Å². The molecule has 1 nitrogen and oxygen atoms in total. The Bertz CT molecular complexity index is 10.1. The first kappa shape index (κ1) is 102. The smallest absolute Gasteiger partial charge is 0 e. The van der Waals surface area contributed by atoms with Crippen LogP contribution in [0.1, 0.15) is 77.7 Å². The quantitative estimate of drug-likeness (QED) is 0.532. The fourth-order valence-electron chi connectivity index (χ4n) is 0. The first-order valence-electron chi connectivity index (χ1n) is 4.00. The van der Waals surface area contributed by atoms with Crippen molar-refractivity contribution in [1.82, 2.24) is 6.15 Å². The van der Waals surface area contributed by atoms with Crippen LogP contribution >= 0.6 is 0 Å². The Morgan fingerprint density at radius 3 is 0.385 bits per heavy atom. The fourth-order valence-corrected chi connectivity index (χ4v) is 0. The molecule has 0 aromatic rings. The summed E-state index contributed by atoms with van der Waals surface area (Å²) < 4.78 is 0. The van der Waals surface area contributed by atoms with E-state index in [0.29, 0.717) is 0 Å². The van der Waals surface area contributed by atoms with Crippen LogP contribution in [0.15, 0.2) is 0 Å². The van der Waals surface area contributed by atoms with E-state index < -0.39 is 0 Å². The zero-order valence-corrected chi connectivity index (χ0v) is 10.6. The number of hydrogen-bond donors (Lipinski definition) is 1. The summed E-state index contributed by atoms with van der Waals surface area (Å²) in [5.41, 5.74) is 0. The molecule has 3 N–H and O–H groups in total. The van der Waals surface area contributed by atoms with Gasteiger partial charge in [0.1, 0.15) is 0 Å². The summed E-state index contributed by atoms with van der Waals surface area (Å²) in [4.78, 5) is 0. The number of rotatable bonds is 0. The summed E-state index contributed by atoms with van der Waals surface area (Å²) in [6.07, 6.45) is 0. The third-order valence-electron chi connectivity index (χ3n) is 0. The topological polar surface area (TPSA) is 35.0 Å². The van der Waals surface area contributed by atoms with Crippen molar-refractivity contribution in [3.63, 3.8) is 0 Å². The second kappa shape index (κ2) is 4400. The van der Waals surface area contributed by atoms with Crippen LogP contribution in [-0.2, 0) is 20.4 Å². The van der Waals surface area contributed by atoms with Crippen LogP contribution in [0.25, 0.3) is 0 Å². The average molecular weight is 292 g/mol. The molecule has 0 aliphatic rings. The Morgan fingerprint density at radius 2 is 0.385 bits per heavy atom. The molecule has 0 radical (unpaired) electrons. The van der Waals surface area contributed by atoms with Gasteiger partial charge in [-0.2, -0.15) is 0 Å². The van der Waals surface area contributed by atoms with Crippen molar-refractivity contribution in [1.29, 1.82) is 0 Å². The maximum Gasteiger partial charge on any atom is 0 e. The van der Waals surface area contributed by atoms with Gasteiger partial charge in [0.05, 0.1) is 0 Å². The molecular weight excluding hydrogens is 253 g/mol. The molecule has 0 heterocycles. The van der Waals surface area contributed by atoms with Gasteiger partial charge in [0.15, 0.2) is 0 Å². The molecule has 2 heteroatoms. The summed E-state index contributed by atoms with van der Waals surface area (Å²) >= 11 is 0. The first-order valence-corrected chi connectivity index (χ1v) is 4.00. The van der Waals surface area contributed by atoms with Gasteiger partial charge in [0.2, 0.25) is 0 Å². The molecule has 0 unspecified atom stereocenters. The number of hydrogen-bond acceptors (Lipinski definition) is 1. The van der Waals surface area contributed by atoms with Crippen LogP contribution in [0.4, 0.5) is 0 Å². The summed E-state index contributed by atoms with van der Waals surface area (Å²) in [5.74, 6) is 0. The zero-order valence-electron chi connectivity index (χ0n) is 9.02. The van der Waals surface area contributed by atoms with E-state index in [1.54, 1.807) is 0 Å². The van der Waals surface area contributed by atoms with E-state index in [2.05, 4.69) is 0 Å². The summed E-state index contributed by atoms with van der Waals surface area (Å²) in [6, 6.07) is 0. The van der Waals surface area contributed by atoms with E-state index in [1.807, 2.05) is 55.4 Å². The first-order chi connectivity index (χ1) is 4.00. The van der Waals surface area contributed by atoms with Gasteiger partial charge in [-0.05, 0) is 0 Å². The van der Waals surface area contributed by atoms with Crippen LogP contribution in [-0.4, -0.2) is 0 Å². The van der Waals surface area contributed by atoms with E-state index in [0.717, 1.165) is 0 Å². The van der Waals surface area contributed by atoms with Crippen LogP contribution in [0.3, 0.4) is 0 Å². The van der Waals surface area contributed by atoms with Crippen molar-refractivity contribution in [3.8, 4) is 0 Å². The molecule has 0 aliphatic carbocycles. The SMILES string of the molecule is C.C.C.CC.CC.CC.CC.N.[Pd]. The minimum absolute atomic E-state index is 0. The van der Waals surface area contributed by atoms with Crippen LogP contribution in [0.2, 0.25) is 0 Å². The standard InChI is InChI=1S/4C2H6.3CH4.H3N.Pd/c4*1-2;;;;;/h4*1-2H3;3*1H4;1H3;. The van der Waals surface area contributed by atoms with Crippen molar-refractivity contribution in [2.24, 2.45) is 0 Å². The van der Waals surface area contributed by atoms with Crippen LogP contribution < -0.4 is 6.15 Å². The Hall–Kier alpha value is 0.622. The zero-order chi connectivity index (χ0) is 8.00. The molecule has 0 aromatic carbocycles. The largest absolute Gasteiger partial charge is 0.344 e. The molecule has 98 valence electrons. The van der Waals surface area contributed by atoms with Gasteiger partial charge in [-0.25, -0.2) is 0 Å². The molecule has 0 saturated heterocycles. The third-order valence-corrected chi connectivity index (χ3v) is 0. The minimum Gasteiger partial charge on any atom is -0.344 e. The molecule has 0 bridgehead atoms. The Labute approximate surface area is 104 Å². The second-order valence-electron chi connectivity index (χ2n) is 0. The molecule has 0 atom stereocenters. The van der Waals surface area contributed by atoms with Crippen molar-refractivity contribution in [2.75, 3.05) is 0 Å². The Morgan fingerprint density at radius 1 is 0.385 bits per heavy atom. The van der Waals surface area contributed by atoms with E-state index in [9.17, 15) is 0 Å². The van der Waals surface area contributed by atoms with Gasteiger partial charge < -0.3 is 6.15 Å². The summed E-state index contributed by atoms with van der Waals surface area (Å²) in [6.45, 7) is 16.0. The molecule has 0 fully saturated rings. The molecular formula is C11H39NPd. The van der Waals surface area contributed by atoms with Crippen LogP contribution in [0, 0.1) is 0 Å². The van der Waals surface area contributed by atoms with Crippen molar-refractivity contribution in [3.05, 3.63) is 0 Å². The summed E-state index contributed by atoms with van der Waals surface area (Å²) in [5, 5.41) is 0. The Kier molecular flexibility index (Phi) is 34400. The third kappa shape index (κ3) is 3680. The van der Waals surface area contributed by atoms with Crippen molar-refractivity contribution in [2.45, 2.75) is 77.7 Å². The van der Waals surface area contributed by atoms with Crippen molar-refractivity contribution < 1.29 is 20.4 Å². The van der Waals surface area contributed by atoms with Crippen molar-refractivity contribution >= 4 is 0 Å². The van der Waals surface area contributed by atoms with Gasteiger partial charge in [0, 0.05) is 20.4 Å². The predicted molar refractivity (Wildman–Crippen MR) is 70.6 cm³/mol. The normalized spacial score (nSPS) is 1.85. The monoisotopic (exact) mass is 291 g/mol. The van der Waals surface area contributed by atoms with Gasteiger partial charge >= 0.3 is 0 Å². The van der Waals surface area contributed by atoms with E-state index in [-0.39, 0.29) is 48.9 Å². The minimum atomic E-state index is 0. The maximum absolute atomic E-state index is 2.00. The average Bonchev–Trinajstić information content (AvgIpc) is 2.03. The van der Waals surface area contributed by atoms with Gasteiger partial charge in [0.25, 0.3) is 0 Å².